The molecule has 4 rings (SSSR count). The number of halogens is 1. The van der Waals surface area contributed by atoms with Crippen LogP contribution in [0, 0.1) is 20.8 Å². The molecule has 0 radical (unpaired) electrons. The molecule has 5 nitrogen and oxygen atoms in total. The number of carbonyl (C=O) groups excluding carboxylic acids is 1. The van der Waals surface area contributed by atoms with Gasteiger partial charge in [-0.3, -0.25) is 9.59 Å². The van der Waals surface area contributed by atoms with E-state index in [4.69, 9.17) is 20.8 Å². The van der Waals surface area contributed by atoms with Gasteiger partial charge in [0.1, 0.15) is 5.58 Å². The summed E-state index contributed by atoms with van der Waals surface area (Å²) in [6, 6.07) is 16.8. The largest absolute Gasteiger partial charge is 0.476 e. The van der Waals surface area contributed by atoms with Gasteiger partial charge < -0.3 is 14.5 Å². The average molecular weight is 504 g/mol. The molecule has 0 aliphatic heterocycles. The minimum absolute atomic E-state index is 0.0254. The maximum Gasteiger partial charge on any atom is 0.262 e. The number of nitrogens with one attached hydrogen (secondary N) is 1. The number of benzene rings is 3. The quantitative estimate of drug-likeness (QED) is 0.309. The maximum atomic E-state index is 13.5. The van der Waals surface area contributed by atoms with Crippen molar-refractivity contribution in [3.63, 3.8) is 0 Å². The molecule has 0 bridgehead atoms. The van der Waals surface area contributed by atoms with Crippen LogP contribution in [0.15, 0.2) is 63.8 Å². The lowest BCUT2D eigenvalue weighted by Crippen LogP contribution is -2.22. The Kier molecular flexibility index (Phi) is 6.96. The third kappa shape index (κ3) is 5.31. The van der Waals surface area contributed by atoms with Crippen molar-refractivity contribution in [1.82, 2.24) is 0 Å². The van der Waals surface area contributed by atoms with Crippen molar-refractivity contribution in [2.24, 2.45) is 0 Å². The van der Waals surface area contributed by atoms with Gasteiger partial charge in [-0.2, -0.15) is 0 Å². The van der Waals surface area contributed by atoms with Gasteiger partial charge >= 0.3 is 0 Å². The summed E-state index contributed by atoms with van der Waals surface area (Å²) in [4.78, 5) is 26.2. The second-order valence-electron chi connectivity index (χ2n) is 10.2. The van der Waals surface area contributed by atoms with Crippen molar-refractivity contribution in [2.45, 2.75) is 47.0 Å². The predicted molar refractivity (Wildman–Crippen MR) is 146 cm³/mol. The Morgan fingerprint density at radius 2 is 1.64 bits per heavy atom. The van der Waals surface area contributed by atoms with Crippen molar-refractivity contribution >= 4 is 34.2 Å². The lowest BCUT2D eigenvalue weighted by atomic mass is 9.86. The summed E-state index contributed by atoms with van der Waals surface area (Å²) in [5, 5.41) is 3.57. The molecular weight excluding hydrogens is 474 g/mol. The molecule has 0 fully saturated rings. The highest BCUT2D eigenvalue weighted by molar-refractivity contribution is 6.32. The normalized spacial score (nSPS) is 11.5. The van der Waals surface area contributed by atoms with Crippen molar-refractivity contribution < 1.29 is 13.9 Å². The zero-order chi connectivity index (χ0) is 26.2. The highest BCUT2D eigenvalue weighted by atomic mass is 35.5. The van der Waals surface area contributed by atoms with E-state index < -0.39 is 0 Å². The fourth-order valence-corrected chi connectivity index (χ4v) is 4.06. The third-order valence-electron chi connectivity index (χ3n) is 6.28. The van der Waals surface area contributed by atoms with Crippen LogP contribution in [0.3, 0.4) is 0 Å². The highest BCUT2D eigenvalue weighted by Crippen LogP contribution is 2.34. The Morgan fingerprint density at radius 1 is 0.944 bits per heavy atom. The van der Waals surface area contributed by atoms with Crippen LogP contribution in [0.1, 0.15) is 43.0 Å². The van der Waals surface area contributed by atoms with Gasteiger partial charge in [0.05, 0.1) is 5.39 Å². The predicted octanol–water partition coefficient (Wildman–Crippen LogP) is 7.35. The van der Waals surface area contributed by atoms with Crippen LogP contribution in [0.2, 0.25) is 5.02 Å². The molecular formula is C30H30ClNO4. The van der Waals surface area contributed by atoms with E-state index in [-0.39, 0.29) is 34.9 Å². The fourth-order valence-electron chi connectivity index (χ4n) is 3.90. The number of fused-ring (bicyclic) bond motifs is 1. The van der Waals surface area contributed by atoms with Crippen LogP contribution in [-0.4, -0.2) is 12.5 Å². The standard InChI is InChI=1S/C30H30ClNO4/c1-17-7-12-22(13-18(17)2)32-26(33)16-35-29-27(34)23-15-24(31)19(3)14-25(23)36-28(29)20-8-10-21(11-9-20)30(4,5)6/h7-15H,16H2,1-6H3,(H,32,33). The summed E-state index contributed by atoms with van der Waals surface area (Å²) < 4.78 is 12.0. The number of hydrogen-bond acceptors (Lipinski definition) is 4. The summed E-state index contributed by atoms with van der Waals surface area (Å²) in [5.41, 5.74) is 5.48. The number of ether oxygens (including phenoxy) is 1. The van der Waals surface area contributed by atoms with Crippen LogP contribution in [0.5, 0.6) is 5.75 Å². The van der Waals surface area contributed by atoms with Crippen LogP contribution >= 0.6 is 11.6 Å². The Balaban J connectivity index is 1.72. The lowest BCUT2D eigenvalue weighted by molar-refractivity contribution is -0.118. The van der Waals surface area contributed by atoms with E-state index in [1.807, 2.05) is 63.2 Å². The molecule has 6 heteroatoms. The SMILES string of the molecule is Cc1ccc(NC(=O)COc2c(-c3ccc(C(C)(C)C)cc3)oc3cc(C)c(Cl)cc3c2=O)cc1C. The molecule has 0 spiro atoms. The van der Waals surface area contributed by atoms with Crippen LogP contribution in [0.25, 0.3) is 22.3 Å². The second-order valence-corrected chi connectivity index (χ2v) is 10.6. The Bertz CT molecular complexity index is 1510. The minimum Gasteiger partial charge on any atom is -0.476 e. The van der Waals surface area contributed by atoms with Crippen LogP contribution in [0.4, 0.5) is 5.69 Å². The molecule has 3 aromatic carbocycles. The number of amides is 1. The van der Waals surface area contributed by atoms with Gasteiger partial charge in [0, 0.05) is 16.3 Å². The minimum atomic E-state index is -0.382. The van der Waals surface area contributed by atoms with E-state index in [1.165, 1.54) is 0 Å². The molecule has 0 saturated heterocycles. The molecule has 0 aliphatic carbocycles. The number of carbonyl (C=O) groups is 1. The molecule has 36 heavy (non-hydrogen) atoms. The maximum absolute atomic E-state index is 13.5. The van der Waals surface area contributed by atoms with Crippen molar-refractivity contribution in [2.75, 3.05) is 11.9 Å². The molecule has 1 heterocycles. The van der Waals surface area contributed by atoms with Gasteiger partial charge in [0.15, 0.2) is 12.4 Å². The zero-order valence-electron chi connectivity index (χ0n) is 21.4. The van der Waals surface area contributed by atoms with Gasteiger partial charge in [0.2, 0.25) is 11.2 Å². The fraction of sp³-hybridized carbons (Fsp3) is 0.267. The van der Waals surface area contributed by atoms with Crippen molar-refractivity contribution in [3.8, 4) is 17.1 Å². The smallest absolute Gasteiger partial charge is 0.262 e. The van der Waals surface area contributed by atoms with Gasteiger partial charge in [0.25, 0.3) is 5.91 Å². The molecule has 1 N–H and O–H groups in total. The van der Waals surface area contributed by atoms with E-state index >= 15 is 0 Å². The molecule has 1 aromatic heterocycles. The summed E-state index contributed by atoms with van der Waals surface area (Å²) >= 11 is 6.28. The monoisotopic (exact) mass is 503 g/mol. The number of hydrogen-bond donors (Lipinski definition) is 1. The van der Waals surface area contributed by atoms with Crippen molar-refractivity contribution in [3.05, 3.63) is 92.1 Å². The number of aryl methyl sites for hydroxylation is 3. The van der Waals surface area contributed by atoms with Crippen LogP contribution < -0.4 is 15.5 Å². The Hall–Kier alpha value is -3.57. The van der Waals surface area contributed by atoms with E-state index in [9.17, 15) is 9.59 Å². The van der Waals surface area contributed by atoms with Gasteiger partial charge in [-0.15, -0.1) is 0 Å². The third-order valence-corrected chi connectivity index (χ3v) is 6.69. The molecule has 186 valence electrons. The zero-order valence-corrected chi connectivity index (χ0v) is 22.2. The van der Waals surface area contributed by atoms with Gasteiger partial charge in [-0.05, 0) is 72.7 Å². The van der Waals surface area contributed by atoms with E-state index in [0.717, 1.165) is 22.3 Å². The van der Waals surface area contributed by atoms with E-state index in [2.05, 4.69) is 26.1 Å². The highest BCUT2D eigenvalue weighted by Gasteiger charge is 2.21. The van der Waals surface area contributed by atoms with Gasteiger partial charge in [-0.1, -0.05) is 62.7 Å². The lowest BCUT2D eigenvalue weighted by Gasteiger charge is -2.19. The van der Waals surface area contributed by atoms with E-state index in [1.54, 1.807) is 12.1 Å². The average Bonchev–Trinajstić information content (AvgIpc) is 2.81. The summed E-state index contributed by atoms with van der Waals surface area (Å²) in [5.74, 6) is -0.136. The molecule has 0 aliphatic rings. The second kappa shape index (κ2) is 9.82. The molecule has 0 saturated carbocycles. The van der Waals surface area contributed by atoms with Crippen LogP contribution in [-0.2, 0) is 10.2 Å². The molecule has 0 unspecified atom stereocenters. The summed E-state index contributed by atoms with van der Waals surface area (Å²) in [7, 11) is 0. The summed E-state index contributed by atoms with van der Waals surface area (Å²) in [6.07, 6.45) is 0. The molecule has 0 atom stereocenters. The van der Waals surface area contributed by atoms with Crippen molar-refractivity contribution in [1.29, 1.82) is 0 Å². The molecule has 1 amide bonds. The number of rotatable bonds is 5. The summed E-state index contributed by atoms with van der Waals surface area (Å²) in [6.45, 7) is 11.9. The Morgan fingerprint density at radius 3 is 2.28 bits per heavy atom. The first-order valence-electron chi connectivity index (χ1n) is 11.8. The topological polar surface area (TPSA) is 68.5 Å². The first kappa shape index (κ1) is 25.5. The van der Waals surface area contributed by atoms with E-state index in [0.29, 0.717) is 27.2 Å². The first-order valence-corrected chi connectivity index (χ1v) is 12.2. The Labute approximate surface area is 216 Å². The number of anilines is 1. The molecule has 4 aromatic rings. The van der Waals surface area contributed by atoms with Gasteiger partial charge in [-0.25, -0.2) is 0 Å². The first-order chi connectivity index (χ1) is 16.9.